The van der Waals surface area contributed by atoms with Crippen molar-refractivity contribution in [3.63, 3.8) is 0 Å². The first kappa shape index (κ1) is 12.2. The van der Waals surface area contributed by atoms with Crippen LogP contribution in [-0.4, -0.2) is 17.7 Å². The lowest BCUT2D eigenvalue weighted by Gasteiger charge is -2.24. The molecule has 0 radical (unpaired) electrons. The van der Waals surface area contributed by atoms with Crippen LogP contribution in [0.2, 0.25) is 0 Å². The van der Waals surface area contributed by atoms with E-state index in [1.165, 1.54) is 0 Å². The summed E-state index contributed by atoms with van der Waals surface area (Å²) in [5, 5.41) is 2.99. The Kier molecular flexibility index (Phi) is 4.79. The third kappa shape index (κ3) is 3.65. The van der Waals surface area contributed by atoms with Crippen LogP contribution in [0.25, 0.3) is 0 Å². The molecule has 0 aromatic carbocycles. The minimum Gasteiger partial charge on any atom is -0.353 e. The van der Waals surface area contributed by atoms with E-state index in [2.05, 4.69) is 5.32 Å². The van der Waals surface area contributed by atoms with Gasteiger partial charge >= 0.3 is 0 Å². The molecule has 1 amide bonds. The Morgan fingerprint density at radius 1 is 1.47 bits per heavy atom. The number of hydrogen-bond donors (Lipinski definition) is 1. The van der Waals surface area contributed by atoms with Crippen molar-refractivity contribution in [1.29, 1.82) is 0 Å². The summed E-state index contributed by atoms with van der Waals surface area (Å²) in [5.74, 6) is 0.526. The molecule has 1 fully saturated rings. The fraction of sp³-hybridized carbons (Fsp3) is 0.833. The van der Waals surface area contributed by atoms with Gasteiger partial charge in [-0.15, -0.1) is 0 Å². The fourth-order valence-corrected chi connectivity index (χ4v) is 2.13. The van der Waals surface area contributed by atoms with Gasteiger partial charge < -0.3 is 5.32 Å². The van der Waals surface area contributed by atoms with E-state index in [4.69, 9.17) is 0 Å². The Morgan fingerprint density at radius 3 is 2.67 bits per heavy atom. The molecule has 0 aliphatic heterocycles. The van der Waals surface area contributed by atoms with Gasteiger partial charge in [-0.1, -0.05) is 13.8 Å². The quantitative estimate of drug-likeness (QED) is 0.773. The van der Waals surface area contributed by atoms with E-state index in [1.807, 2.05) is 13.8 Å². The van der Waals surface area contributed by atoms with E-state index < -0.39 is 0 Å². The molecular weight excluding hydrogens is 190 g/mol. The molecule has 1 aliphatic carbocycles. The lowest BCUT2D eigenvalue weighted by atomic mass is 9.93. The van der Waals surface area contributed by atoms with Crippen LogP contribution in [0.4, 0.5) is 0 Å². The topological polar surface area (TPSA) is 46.2 Å². The van der Waals surface area contributed by atoms with Gasteiger partial charge in [-0.2, -0.15) is 0 Å². The predicted molar refractivity (Wildman–Crippen MR) is 59.5 cm³/mol. The molecule has 1 rings (SSSR count). The Morgan fingerprint density at radius 2 is 2.13 bits per heavy atom. The Hall–Kier alpha value is -0.860. The van der Waals surface area contributed by atoms with Gasteiger partial charge in [0.2, 0.25) is 5.91 Å². The zero-order valence-corrected chi connectivity index (χ0v) is 9.71. The lowest BCUT2D eigenvalue weighted by Crippen LogP contribution is -2.41. The van der Waals surface area contributed by atoms with Crippen LogP contribution in [0.3, 0.4) is 0 Å². The second-order valence-corrected chi connectivity index (χ2v) is 4.35. The molecule has 1 aliphatic rings. The predicted octanol–water partition coefficient (Wildman–Crippen LogP) is 2.05. The number of Topliss-reactive ketones (excluding diaryl/α,β-unsaturated/α-hetero) is 1. The summed E-state index contributed by atoms with van der Waals surface area (Å²) in [5.41, 5.74) is 0. The summed E-state index contributed by atoms with van der Waals surface area (Å²) >= 11 is 0. The van der Waals surface area contributed by atoms with Crippen molar-refractivity contribution in [2.45, 2.75) is 58.4 Å². The first-order chi connectivity index (χ1) is 7.17. The number of carbonyl (C=O) groups is 2. The van der Waals surface area contributed by atoms with E-state index >= 15 is 0 Å². The average molecular weight is 211 g/mol. The molecule has 1 saturated carbocycles. The first-order valence-corrected chi connectivity index (χ1v) is 5.99. The Labute approximate surface area is 91.6 Å². The standard InChI is InChI=1S/C12H21NO2/c1-3-9(4-2)12(15)13-10-6-5-7-11(14)8-10/h9-10H,3-8H2,1-2H3,(H,13,15). The highest BCUT2D eigenvalue weighted by molar-refractivity contribution is 5.82. The summed E-state index contributed by atoms with van der Waals surface area (Å²) < 4.78 is 0. The van der Waals surface area contributed by atoms with Crippen molar-refractivity contribution >= 4 is 11.7 Å². The third-order valence-electron chi connectivity index (χ3n) is 3.19. The van der Waals surface area contributed by atoms with Crippen molar-refractivity contribution in [1.82, 2.24) is 5.32 Å². The van der Waals surface area contributed by atoms with Gasteiger partial charge in [-0.25, -0.2) is 0 Å². The molecule has 0 aromatic heterocycles. The molecule has 3 heteroatoms. The minimum absolute atomic E-state index is 0.0966. The van der Waals surface area contributed by atoms with Gasteiger partial charge in [-0.3, -0.25) is 9.59 Å². The van der Waals surface area contributed by atoms with Gasteiger partial charge in [0.1, 0.15) is 5.78 Å². The summed E-state index contributed by atoms with van der Waals surface area (Å²) in [4.78, 5) is 23.0. The van der Waals surface area contributed by atoms with E-state index in [0.717, 1.165) is 25.7 Å². The number of hydrogen-bond acceptors (Lipinski definition) is 2. The highest BCUT2D eigenvalue weighted by Crippen LogP contribution is 2.16. The number of nitrogens with one attached hydrogen (secondary N) is 1. The van der Waals surface area contributed by atoms with Gasteiger partial charge in [-0.05, 0) is 25.7 Å². The molecule has 0 saturated heterocycles. The van der Waals surface area contributed by atoms with Crippen molar-refractivity contribution in [3.8, 4) is 0 Å². The lowest BCUT2D eigenvalue weighted by molar-refractivity contribution is -0.127. The molecule has 0 aromatic rings. The van der Waals surface area contributed by atoms with Crippen molar-refractivity contribution < 1.29 is 9.59 Å². The summed E-state index contributed by atoms with van der Waals surface area (Å²) in [6.45, 7) is 4.06. The average Bonchev–Trinajstić information content (AvgIpc) is 2.19. The molecule has 1 atom stereocenters. The van der Waals surface area contributed by atoms with Gasteiger partial charge in [0, 0.05) is 24.8 Å². The molecule has 1 N–H and O–H groups in total. The maximum atomic E-state index is 11.8. The number of amides is 1. The van der Waals surface area contributed by atoms with E-state index in [1.54, 1.807) is 0 Å². The van der Waals surface area contributed by atoms with Crippen LogP contribution in [-0.2, 0) is 9.59 Å². The smallest absolute Gasteiger partial charge is 0.223 e. The van der Waals surface area contributed by atoms with Crippen LogP contribution in [0, 0.1) is 5.92 Å². The normalized spacial score (nSPS) is 21.8. The molecule has 0 spiro atoms. The maximum absolute atomic E-state index is 11.8. The van der Waals surface area contributed by atoms with E-state index in [0.29, 0.717) is 12.8 Å². The molecular formula is C12H21NO2. The van der Waals surface area contributed by atoms with Crippen molar-refractivity contribution in [2.24, 2.45) is 5.92 Å². The largest absolute Gasteiger partial charge is 0.353 e. The molecule has 3 nitrogen and oxygen atoms in total. The second kappa shape index (κ2) is 5.89. The number of ketones is 1. The number of carbonyl (C=O) groups excluding carboxylic acids is 2. The Bertz CT molecular complexity index is 234. The third-order valence-corrected chi connectivity index (χ3v) is 3.19. The molecule has 15 heavy (non-hydrogen) atoms. The van der Waals surface area contributed by atoms with E-state index in [9.17, 15) is 9.59 Å². The van der Waals surface area contributed by atoms with Gasteiger partial charge in [0.05, 0.1) is 0 Å². The second-order valence-electron chi connectivity index (χ2n) is 4.35. The van der Waals surface area contributed by atoms with Crippen molar-refractivity contribution in [2.75, 3.05) is 0 Å². The zero-order chi connectivity index (χ0) is 11.3. The van der Waals surface area contributed by atoms with Crippen LogP contribution in [0.15, 0.2) is 0 Å². The minimum atomic E-state index is 0.0966. The zero-order valence-electron chi connectivity index (χ0n) is 9.71. The highest BCUT2D eigenvalue weighted by atomic mass is 16.2. The molecule has 1 unspecified atom stereocenters. The van der Waals surface area contributed by atoms with Crippen LogP contribution >= 0.6 is 0 Å². The van der Waals surface area contributed by atoms with E-state index in [-0.39, 0.29) is 23.7 Å². The number of rotatable bonds is 4. The van der Waals surface area contributed by atoms with Gasteiger partial charge in [0.25, 0.3) is 0 Å². The fourth-order valence-electron chi connectivity index (χ4n) is 2.13. The highest BCUT2D eigenvalue weighted by Gasteiger charge is 2.23. The molecule has 86 valence electrons. The SMILES string of the molecule is CCC(CC)C(=O)NC1CCCC(=O)C1. The van der Waals surface area contributed by atoms with Crippen LogP contribution in [0.5, 0.6) is 0 Å². The first-order valence-electron chi connectivity index (χ1n) is 5.99. The van der Waals surface area contributed by atoms with Gasteiger partial charge in [0.15, 0.2) is 0 Å². The monoisotopic (exact) mass is 211 g/mol. The van der Waals surface area contributed by atoms with Crippen LogP contribution in [0.1, 0.15) is 52.4 Å². The summed E-state index contributed by atoms with van der Waals surface area (Å²) in [6.07, 6.45) is 4.86. The van der Waals surface area contributed by atoms with Crippen LogP contribution < -0.4 is 5.32 Å². The Balaban J connectivity index is 2.39. The summed E-state index contributed by atoms with van der Waals surface area (Å²) in [7, 11) is 0. The maximum Gasteiger partial charge on any atom is 0.223 e. The molecule has 0 heterocycles. The van der Waals surface area contributed by atoms with Crippen molar-refractivity contribution in [3.05, 3.63) is 0 Å². The summed E-state index contributed by atoms with van der Waals surface area (Å²) in [6, 6.07) is 0.0966. The molecule has 0 bridgehead atoms.